The SMILES string of the molecule is O=C(Cn1cnnn1)NN=Cc1ccccc1OCc1cccc(Br)c1. The number of hydrogen-bond donors (Lipinski definition) is 1. The van der Waals surface area contributed by atoms with Crippen molar-refractivity contribution in [2.24, 2.45) is 5.10 Å². The largest absolute Gasteiger partial charge is 0.488 e. The van der Waals surface area contributed by atoms with Gasteiger partial charge in [0.2, 0.25) is 0 Å². The second kappa shape index (κ2) is 8.86. The number of ether oxygens (including phenoxy) is 1. The molecular weight excluding hydrogens is 400 g/mol. The zero-order valence-corrected chi connectivity index (χ0v) is 15.2. The zero-order chi connectivity index (χ0) is 18.2. The summed E-state index contributed by atoms with van der Waals surface area (Å²) in [5, 5.41) is 14.5. The van der Waals surface area contributed by atoms with Crippen LogP contribution in [0.15, 0.2) is 64.4 Å². The molecule has 0 aliphatic rings. The maximum absolute atomic E-state index is 11.8. The van der Waals surface area contributed by atoms with E-state index in [1.54, 1.807) is 0 Å². The number of nitrogens with zero attached hydrogens (tertiary/aromatic N) is 5. The van der Waals surface area contributed by atoms with Gasteiger partial charge in [-0.1, -0.05) is 40.2 Å². The number of carbonyl (C=O) groups excluding carboxylic acids is 1. The third kappa shape index (κ3) is 5.21. The van der Waals surface area contributed by atoms with Gasteiger partial charge < -0.3 is 4.74 Å². The molecule has 3 aromatic rings. The molecule has 1 N–H and O–H groups in total. The van der Waals surface area contributed by atoms with Crippen LogP contribution in [0.4, 0.5) is 0 Å². The van der Waals surface area contributed by atoms with Gasteiger partial charge in [0, 0.05) is 10.0 Å². The highest BCUT2D eigenvalue weighted by molar-refractivity contribution is 9.10. The van der Waals surface area contributed by atoms with E-state index in [2.05, 4.69) is 42.0 Å². The van der Waals surface area contributed by atoms with Gasteiger partial charge in [0.15, 0.2) is 0 Å². The van der Waals surface area contributed by atoms with Crippen molar-refractivity contribution in [3.63, 3.8) is 0 Å². The first kappa shape index (κ1) is 17.7. The van der Waals surface area contributed by atoms with Crippen molar-refractivity contribution in [1.29, 1.82) is 0 Å². The summed E-state index contributed by atoms with van der Waals surface area (Å²) in [4.78, 5) is 11.8. The lowest BCUT2D eigenvalue weighted by Crippen LogP contribution is -2.23. The molecule has 2 aromatic carbocycles. The Balaban J connectivity index is 1.58. The smallest absolute Gasteiger partial charge is 0.261 e. The molecular formula is C17H15BrN6O2. The summed E-state index contributed by atoms with van der Waals surface area (Å²) in [7, 11) is 0. The Kier molecular flexibility index (Phi) is 6.05. The first-order chi connectivity index (χ1) is 12.7. The summed E-state index contributed by atoms with van der Waals surface area (Å²) in [5.41, 5.74) is 4.23. The van der Waals surface area contributed by atoms with Gasteiger partial charge in [0.05, 0.1) is 6.21 Å². The van der Waals surface area contributed by atoms with E-state index >= 15 is 0 Å². The van der Waals surface area contributed by atoms with Crippen LogP contribution in [0.5, 0.6) is 5.75 Å². The minimum atomic E-state index is -0.332. The number of carbonyl (C=O) groups is 1. The van der Waals surface area contributed by atoms with E-state index in [4.69, 9.17) is 4.74 Å². The van der Waals surface area contributed by atoms with Crippen LogP contribution >= 0.6 is 15.9 Å². The maximum Gasteiger partial charge on any atom is 0.261 e. The van der Waals surface area contributed by atoms with Crippen LogP contribution < -0.4 is 10.2 Å². The molecule has 0 saturated carbocycles. The molecule has 26 heavy (non-hydrogen) atoms. The summed E-state index contributed by atoms with van der Waals surface area (Å²) in [6.07, 6.45) is 2.89. The highest BCUT2D eigenvalue weighted by Crippen LogP contribution is 2.19. The average molecular weight is 415 g/mol. The van der Waals surface area contributed by atoms with E-state index in [-0.39, 0.29) is 12.5 Å². The molecule has 0 atom stereocenters. The van der Waals surface area contributed by atoms with E-state index < -0.39 is 0 Å². The lowest BCUT2D eigenvalue weighted by molar-refractivity contribution is -0.121. The van der Waals surface area contributed by atoms with Gasteiger partial charge in [0.25, 0.3) is 5.91 Å². The van der Waals surface area contributed by atoms with Crippen LogP contribution in [0.2, 0.25) is 0 Å². The van der Waals surface area contributed by atoms with Gasteiger partial charge in [-0.2, -0.15) is 5.10 Å². The topological polar surface area (TPSA) is 94.3 Å². The van der Waals surface area contributed by atoms with E-state index in [9.17, 15) is 4.79 Å². The Morgan fingerprint density at radius 2 is 2.15 bits per heavy atom. The Bertz CT molecular complexity index is 898. The zero-order valence-electron chi connectivity index (χ0n) is 13.6. The average Bonchev–Trinajstić information content (AvgIpc) is 3.14. The Morgan fingerprint density at radius 1 is 1.27 bits per heavy atom. The molecule has 132 valence electrons. The Hall–Kier alpha value is -3.07. The number of nitrogens with one attached hydrogen (secondary N) is 1. The first-order valence-electron chi connectivity index (χ1n) is 7.69. The number of tetrazole rings is 1. The molecule has 8 nitrogen and oxygen atoms in total. The fourth-order valence-electron chi connectivity index (χ4n) is 2.12. The van der Waals surface area contributed by atoms with Crippen LogP contribution in [0.3, 0.4) is 0 Å². The number of hydrogen-bond acceptors (Lipinski definition) is 6. The summed E-state index contributed by atoms with van der Waals surface area (Å²) in [6.45, 7) is 0.418. The monoisotopic (exact) mass is 414 g/mol. The van der Waals surface area contributed by atoms with Gasteiger partial charge in [0.1, 0.15) is 25.2 Å². The van der Waals surface area contributed by atoms with Gasteiger partial charge in [-0.05, 0) is 40.3 Å². The fourth-order valence-corrected chi connectivity index (χ4v) is 2.56. The lowest BCUT2D eigenvalue weighted by atomic mass is 10.2. The van der Waals surface area contributed by atoms with Crippen molar-refractivity contribution in [1.82, 2.24) is 25.6 Å². The second-order valence-electron chi connectivity index (χ2n) is 5.26. The van der Waals surface area contributed by atoms with E-state index in [1.165, 1.54) is 17.2 Å². The molecule has 0 fully saturated rings. The molecule has 0 saturated heterocycles. The molecule has 0 bridgehead atoms. The van der Waals surface area contributed by atoms with Gasteiger partial charge >= 0.3 is 0 Å². The van der Waals surface area contributed by atoms with Gasteiger partial charge in [-0.15, -0.1) is 5.10 Å². The van der Waals surface area contributed by atoms with Crippen LogP contribution in [-0.4, -0.2) is 32.3 Å². The normalized spacial score (nSPS) is 10.8. The van der Waals surface area contributed by atoms with E-state index in [1.807, 2.05) is 48.5 Å². The molecule has 0 radical (unpaired) electrons. The Morgan fingerprint density at radius 3 is 2.96 bits per heavy atom. The third-order valence-electron chi connectivity index (χ3n) is 3.29. The summed E-state index contributed by atoms with van der Waals surface area (Å²) in [6, 6.07) is 15.4. The number of hydrazone groups is 1. The minimum absolute atomic E-state index is 0.00856. The van der Waals surface area contributed by atoms with Crippen molar-refractivity contribution in [3.8, 4) is 5.75 Å². The van der Waals surface area contributed by atoms with Crippen molar-refractivity contribution >= 4 is 28.1 Å². The minimum Gasteiger partial charge on any atom is -0.488 e. The van der Waals surface area contributed by atoms with Gasteiger partial charge in [-0.3, -0.25) is 4.79 Å². The third-order valence-corrected chi connectivity index (χ3v) is 3.79. The molecule has 1 aromatic heterocycles. The van der Waals surface area contributed by atoms with Crippen molar-refractivity contribution in [3.05, 3.63) is 70.5 Å². The molecule has 0 aliphatic carbocycles. The van der Waals surface area contributed by atoms with E-state index in [0.29, 0.717) is 12.4 Å². The molecule has 1 heterocycles. The van der Waals surface area contributed by atoms with Crippen molar-refractivity contribution < 1.29 is 9.53 Å². The quantitative estimate of drug-likeness (QED) is 0.472. The van der Waals surface area contributed by atoms with Crippen LogP contribution in [0.1, 0.15) is 11.1 Å². The molecule has 3 rings (SSSR count). The summed E-state index contributed by atoms with van der Waals surface area (Å²) >= 11 is 3.44. The summed E-state index contributed by atoms with van der Waals surface area (Å²) in [5.74, 6) is 0.340. The number of benzene rings is 2. The highest BCUT2D eigenvalue weighted by atomic mass is 79.9. The molecule has 0 aliphatic heterocycles. The predicted molar refractivity (Wildman–Crippen MR) is 98.5 cm³/mol. The van der Waals surface area contributed by atoms with Crippen molar-refractivity contribution in [2.75, 3.05) is 0 Å². The fraction of sp³-hybridized carbons (Fsp3) is 0.118. The number of aromatic nitrogens is 4. The number of para-hydroxylation sites is 1. The standard InChI is InChI=1S/C17H15BrN6O2/c18-15-6-3-4-13(8-15)11-26-16-7-2-1-5-14(16)9-19-21-17(25)10-24-12-20-22-23-24/h1-9,12H,10-11H2,(H,21,25). The maximum atomic E-state index is 11.8. The second-order valence-corrected chi connectivity index (χ2v) is 6.17. The van der Waals surface area contributed by atoms with E-state index in [0.717, 1.165) is 15.6 Å². The summed E-state index contributed by atoms with van der Waals surface area (Å²) < 4.78 is 8.17. The lowest BCUT2D eigenvalue weighted by Gasteiger charge is -2.09. The highest BCUT2D eigenvalue weighted by Gasteiger charge is 2.04. The molecule has 0 unspecified atom stereocenters. The predicted octanol–water partition coefficient (Wildman–Crippen LogP) is 2.16. The molecule has 1 amide bonds. The van der Waals surface area contributed by atoms with Crippen LogP contribution in [-0.2, 0) is 17.9 Å². The first-order valence-corrected chi connectivity index (χ1v) is 8.49. The van der Waals surface area contributed by atoms with Crippen molar-refractivity contribution in [2.45, 2.75) is 13.2 Å². The molecule has 0 spiro atoms. The Labute approximate surface area is 158 Å². The number of rotatable bonds is 7. The molecule has 9 heteroatoms. The van der Waals surface area contributed by atoms with Gasteiger partial charge in [-0.25, -0.2) is 10.1 Å². The van der Waals surface area contributed by atoms with Crippen LogP contribution in [0, 0.1) is 0 Å². The number of halogens is 1. The number of amides is 1. The van der Waals surface area contributed by atoms with Crippen LogP contribution in [0.25, 0.3) is 0 Å².